The van der Waals surface area contributed by atoms with Crippen LogP contribution in [0.4, 0.5) is 11.4 Å². The van der Waals surface area contributed by atoms with Crippen LogP contribution >= 0.6 is 23.2 Å². The van der Waals surface area contributed by atoms with Gasteiger partial charge in [0, 0.05) is 25.2 Å². The monoisotopic (exact) mass is 325 g/mol. The lowest BCUT2D eigenvalue weighted by atomic mass is 10.1. The summed E-state index contributed by atoms with van der Waals surface area (Å²) < 4.78 is 0. The zero-order valence-electron chi connectivity index (χ0n) is 11.0. The normalized spacial score (nSPS) is 10.4. The third kappa shape index (κ3) is 3.85. The van der Waals surface area contributed by atoms with E-state index in [-0.39, 0.29) is 15.7 Å². The molecule has 2 rings (SSSR count). The number of rotatable bonds is 5. The minimum Gasteiger partial charge on any atom is -0.379 e. The molecule has 0 spiro atoms. The lowest BCUT2D eigenvalue weighted by Crippen LogP contribution is -2.02. The van der Waals surface area contributed by atoms with Gasteiger partial charge >= 0.3 is 0 Å². The van der Waals surface area contributed by atoms with Gasteiger partial charge in [0.1, 0.15) is 0 Å². The Morgan fingerprint density at radius 1 is 1.10 bits per heavy atom. The average Bonchev–Trinajstić information content (AvgIpc) is 2.46. The Kier molecular flexibility index (Phi) is 5.01. The van der Waals surface area contributed by atoms with Crippen molar-refractivity contribution in [2.24, 2.45) is 5.73 Å². The number of nitrogens with zero attached hydrogens (tertiary/aromatic N) is 1. The van der Waals surface area contributed by atoms with E-state index in [0.29, 0.717) is 18.8 Å². The lowest BCUT2D eigenvalue weighted by molar-refractivity contribution is -0.384. The molecular weight excluding hydrogens is 313 g/mol. The maximum absolute atomic E-state index is 10.7. The molecule has 0 amide bonds. The van der Waals surface area contributed by atoms with E-state index in [1.165, 1.54) is 12.1 Å². The molecule has 21 heavy (non-hydrogen) atoms. The molecule has 2 aromatic carbocycles. The van der Waals surface area contributed by atoms with Crippen molar-refractivity contribution in [2.75, 3.05) is 5.32 Å². The highest BCUT2D eigenvalue weighted by molar-refractivity contribution is 6.39. The van der Waals surface area contributed by atoms with E-state index in [0.717, 1.165) is 11.1 Å². The van der Waals surface area contributed by atoms with Crippen LogP contribution in [-0.4, -0.2) is 4.92 Å². The summed E-state index contributed by atoms with van der Waals surface area (Å²) in [6.45, 7) is 0.996. The molecule has 0 fully saturated rings. The average molecular weight is 326 g/mol. The zero-order chi connectivity index (χ0) is 15.4. The van der Waals surface area contributed by atoms with Crippen LogP contribution in [0.15, 0.2) is 36.4 Å². The summed E-state index contributed by atoms with van der Waals surface area (Å²) in [7, 11) is 0. The molecule has 5 nitrogen and oxygen atoms in total. The maximum Gasteiger partial charge on any atom is 0.272 e. The predicted molar refractivity (Wildman–Crippen MR) is 84.8 cm³/mol. The Balaban J connectivity index is 2.14. The van der Waals surface area contributed by atoms with Gasteiger partial charge in [0.05, 0.1) is 20.7 Å². The highest BCUT2D eigenvalue weighted by Gasteiger charge is 2.14. The predicted octanol–water partition coefficient (Wildman–Crippen LogP) is 3.97. The number of non-ortho nitro benzene ring substituents is 1. The van der Waals surface area contributed by atoms with Gasteiger partial charge in [0.25, 0.3) is 5.69 Å². The number of benzene rings is 2. The van der Waals surface area contributed by atoms with Gasteiger partial charge in [-0.15, -0.1) is 0 Å². The van der Waals surface area contributed by atoms with E-state index in [4.69, 9.17) is 28.9 Å². The number of hydrogen-bond donors (Lipinski definition) is 2. The summed E-state index contributed by atoms with van der Waals surface area (Å²) in [6, 6.07) is 10.3. The molecule has 110 valence electrons. The summed E-state index contributed by atoms with van der Waals surface area (Å²) in [5.41, 5.74) is 7.95. The molecule has 0 atom stereocenters. The molecule has 7 heteroatoms. The van der Waals surface area contributed by atoms with Crippen molar-refractivity contribution < 1.29 is 4.92 Å². The minimum atomic E-state index is -0.535. The molecule has 0 heterocycles. The van der Waals surface area contributed by atoms with Crippen LogP contribution < -0.4 is 11.1 Å². The van der Waals surface area contributed by atoms with Gasteiger partial charge < -0.3 is 11.1 Å². The molecule has 0 saturated heterocycles. The van der Waals surface area contributed by atoms with E-state index in [2.05, 4.69) is 5.32 Å². The smallest absolute Gasteiger partial charge is 0.272 e. The quantitative estimate of drug-likeness (QED) is 0.643. The second kappa shape index (κ2) is 6.76. The third-order valence-electron chi connectivity index (χ3n) is 2.97. The molecule has 0 aliphatic rings. The van der Waals surface area contributed by atoms with Crippen molar-refractivity contribution in [3.63, 3.8) is 0 Å². The van der Waals surface area contributed by atoms with Gasteiger partial charge in [0.2, 0.25) is 0 Å². The molecule has 0 aromatic heterocycles. The highest BCUT2D eigenvalue weighted by atomic mass is 35.5. The highest BCUT2D eigenvalue weighted by Crippen LogP contribution is 2.34. The Labute approximate surface area is 131 Å². The maximum atomic E-state index is 10.7. The van der Waals surface area contributed by atoms with Crippen molar-refractivity contribution in [3.05, 3.63) is 67.7 Å². The van der Waals surface area contributed by atoms with Gasteiger partial charge in [-0.2, -0.15) is 0 Å². The van der Waals surface area contributed by atoms with Crippen LogP contribution in [0, 0.1) is 10.1 Å². The standard InChI is InChI=1S/C14H13Cl2N3O2/c15-12-5-11(19(20)21)6-13(16)14(12)18-8-10-3-1-9(7-17)2-4-10/h1-6,18H,7-8,17H2. The Hall–Kier alpha value is -1.82. The first-order valence-electron chi connectivity index (χ1n) is 6.16. The van der Waals surface area contributed by atoms with Gasteiger partial charge in [-0.05, 0) is 11.1 Å². The number of nitro groups is 1. The fourth-order valence-corrected chi connectivity index (χ4v) is 2.43. The fraction of sp³-hybridized carbons (Fsp3) is 0.143. The number of nitrogens with two attached hydrogens (primary N) is 1. The molecular formula is C14H13Cl2N3O2. The molecule has 2 aromatic rings. The lowest BCUT2D eigenvalue weighted by Gasteiger charge is -2.11. The van der Waals surface area contributed by atoms with Crippen molar-refractivity contribution in [1.82, 2.24) is 0 Å². The summed E-state index contributed by atoms with van der Waals surface area (Å²) in [4.78, 5) is 10.2. The second-order valence-corrected chi connectivity index (χ2v) is 5.23. The summed E-state index contributed by atoms with van der Waals surface area (Å²) in [5, 5.41) is 14.2. The number of anilines is 1. The van der Waals surface area contributed by atoms with Crippen molar-refractivity contribution >= 4 is 34.6 Å². The Bertz CT molecular complexity index is 637. The molecule has 0 unspecified atom stereocenters. The fourth-order valence-electron chi connectivity index (χ4n) is 1.82. The van der Waals surface area contributed by atoms with E-state index in [1.54, 1.807) is 0 Å². The van der Waals surface area contributed by atoms with Gasteiger partial charge in [-0.1, -0.05) is 47.5 Å². The number of hydrogen-bond acceptors (Lipinski definition) is 4. The van der Waals surface area contributed by atoms with Gasteiger partial charge in [0.15, 0.2) is 0 Å². The summed E-state index contributed by atoms with van der Waals surface area (Å²) >= 11 is 12.0. The first kappa shape index (κ1) is 15.6. The van der Waals surface area contributed by atoms with Crippen LogP contribution in [0.5, 0.6) is 0 Å². The Morgan fingerprint density at radius 2 is 1.62 bits per heavy atom. The van der Waals surface area contributed by atoms with E-state index < -0.39 is 4.92 Å². The summed E-state index contributed by atoms with van der Waals surface area (Å²) in [6.07, 6.45) is 0. The van der Waals surface area contributed by atoms with Crippen molar-refractivity contribution in [1.29, 1.82) is 0 Å². The molecule has 3 N–H and O–H groups in total. The number of halogens is 2. The van der Waals surface area contributed by atoms with Crippen LogP contribution in [0.3, 0.4) is 0 Å². The Morgan fingerprint density at radius 3 is 2.10 bits per heavy atom. The first-order valence-corrected chi connectivity index (χ1v) is 6.92. The van der Waals surface area contributed by atoms with Crippen LogP contribution in [-0.2, 0) is 13.1 Å². The van der Waals surface area contributed by atoms with Gasteiger partial charge in [-0.25, -0.2) is 0 Å². The molecule has 0 aliphatic heterocycles. The van der Waals surface area contributed by atoms with Gasteiger partial charge in [-0.3, -0.25) is 10.1 Å². The SMILES string of the molecule is NCc1ccc(CNc2c(Cl)cc([N+](=O)[O-])cc2Cl)cc1. The first-order chi connectivity index (χ1) is 10.0. The van der Waals surface area contributed by atoms with E-state index in [1.807, 2.05) is 24.3 Å². The van der Waals surface area contributed by atoms with E-state index >= 15 is 0 Å². The molecule has 0 saturated carbocycles. The zero-order valence-corrected chi connectivity index (χ0v) is 12.5. The van der Waals surface area contributed by atoms with Crippen molar-refractivity contribution in [3.8, 4) is 0 Å². The topological polar surface area (TPSA) is 81.2 Å². The van der Waals surface area contributed by atoms with E-state index in [9.17, 15) is 10.1 Å². The number of nitro benzene ring substituents is 1. The van der Waals surface area contributed by atoms with Crippen molar-refractivity contribution in [2.45, 2.75) is 13.1 Å². The molecule has 0 bridgehead atoms. The molecule has 0 radical (unpaired) electrons. The second-order valence-electron chi connectivity index (χ2n) is 4.42. The third-order valence-corrected chi connectivity index (χ3v) is 3.56. The van der Waals surface area contributed by atoms with Crippen LogP contribution in [0.25, 0.3) is 0 Å². The minimum absolute atomic E-state index is 0.136. The van der Waals surface area contributed by atoms with Crippen LogP contribution in [0.2, 0.25) is 10.0 Å². The number of nitrogens with one attached hydrogen (secondary N) is 1. The molecule has 0 aliphatic carbocycles. The van der Waals surface area contributed by atoms with Crippen LogP contribution in [0.1, 0.15) is 11.1 Å². The summed E-state index contributed by atoms with van der Waals surface area (Å²) in [5.74, 6) is 0. The largest absolute Gasteiger partial charge is 0.379 e.